The van der Waals surface area contributed by atoms with Crippen molar-refractivity contribution in [3.8, 4) is 11.5 Å². The van der Waals surface area contributed by atoms with E-state index in [0.717, 1.165) is 0 Å². The summed E-state index contributed by atoms with van der Waals surface area (Å²) in [5.74, 6) is 0.790. The van der Waals surface area contributed by atoms with Gasteiger partial charge in [0.1, 0.15) is 6.61 Å². The summed E-state index contributed by atoms with van der Waals surface area (Å²) < 4.78 is 15.6. The first-order chi connectivity index (χ1) is 9.13. The van der Waals surface area contributed by atoms with Crippen LogP contribution in [0, 0.1) is 0 Å². The van der Waals surface area contributed by atoms with Crippen molar-refractivity contribution in [3.05, 3.63) is 22.7 Å². The molecule has 7 heteroatoms. The summed E-state index contributed by atoms with van der Waals surface area (Å²) in [7, 11) is 1.48. The van der Waals surface area contributed by atoms with Crippen LogP contribution in [0.3, 0.4) is 0 Å². The maximum absolute atomic E-state index is 10.9. The van der Waals surface area contributed by atoms with Crippen LogP contribution in [0.5, 0.6) is 11.5 Å². The van der Waals surface area contributed by atoms with Crippen LogP contribution in [-0.2, 0) is 11.3 Å². The Labute approximate surface area is 115 Å². The molecule has 1 saturated heterocycles. The van der Waals surface area contributed by atoms with E-state index in [9.17, 15) is 4.79 Å². The Morgan fingerprint density at radius 1 is 1.58 bits per heavy atom. The molecule has 0 aromatic heterocycles. The summed E-state index contributed by atoms with van der Waals surface area (Å²) in [6, 6.07) is 3.23. The summed E-state index contributed by atoms with van der Waals surface area (Å²) in [5, 5.41) is 11.9. The number of carbonyl (C=O) groups excluding carboxylic acids is 1. The zero-order valence-electron chi connectivity index (χ0n) is 10.3. The van der Waals surface area contributed by atoms with Gasteiger partial charge in [-0.2, -0.15) is 0 Å². The van der Waals surface area contributed by atoms with Crippen LogP contribution in [0.1, 0.15) is 5.56 Å². The number of nitrogens with one attached hydrogen (secondary N) is 1. The summed E-state index contributed by atoms with van der Waals surface area (Å²) in [6.45, 7) is 0.432. The van der Waals surface area contributed by atoms with Gasteiger partial charge in [-0.25, -0.2) is 4.79 Å². The number of halogens is 1. The van der Waals surface area contributed by atoms with Gasteiger partial charge in [0.25, 0.3) is 0 Å². The smallest absolute Gasteiger partial charge is 0.407 e. The molecule has 1 amide bonds. The van der Waals surface area contributed by atoms with Crippen molar-refractivity contribution in [3.63, 3.8) is 0 Å². The Kier molecular flexibility index (Phi) is 4.34. The van der Waals surface area contributed by atoms with Gasteiger partial charge in [-0.3, -0.25) is 0 Å². The second-order valence-corrected chi connectivity index (χ2v) is 4.39. The van der Waals surface area contributed by atoms with Crippen LogP contribution in [0.15, 0.2) is 12.1 Å². The molecule has 2 rings (SSSR count). The molecule has 1 fully saturated rings. The summed E-state index contributed by atoms with van der Waals surface area (Å²) in [4.78, 5) is 10.9. The van der Waals surface area contributed by atoms with Crippen molar-refractivity contribution in [1.29, 1.82) is 0 Å². The minimum absolute atomic E-state index is 0.138. The monoisotopic (exact) mass is 287 g/mol. The second kappa shape index (κ2) is 5.99. The SMILES string of the molecule is COc1cc(CO)cc(Cl)c1OCC1CNC(=O)O1. The molecule has 1 aromatic rings. The Bertz CT molecular complexity index is 479. The number of cyclic esters (lactones) is 1. The first-order valence-corrected chi connectivity index (χ1v) is 6.06. The Balaban J connectivity index is 2.08. The van der Waals surface area contributed by atoms with E-state index in [-0.39, 0.29) is 19.3 Å². The largest absolute Gasteiger partial charge is 0.493 e. The maximum atomic E-state index is 10.9. The van der Waals surface area contributed by atoms with E-state index in [0.29, 0.717) is 28.6 Å². The Morgan fingerprint density at radius 2 is 2.37 bits per heavy atom. The van der Waals surface area contributed by atoms with Gasteiger partial charge in [-0.15, -0.1) is 0 Å². The first kappa shape index (κ1) is 13.8. The molecule has 19 heavy (non-hydrogen) atoms. The number of alkyl carbamates (subject to hydrolysis) is 1. The van der Waals surface area contributed by atoms with Gasteiger partial charge in [0.2, 0.25) is 0 Å². The second-order valence-electron chi connectivity index (χ2n) is 3.99. The van der Waals surface area contributed by atoms with Crippen LogP contribution in [0.25, 0.3) is 0 Å². The average Bonchev–Trinajstić information content (AvgIpc) is 2.82. The van der Waals surface area contributed by atoms with Crippen LogP contribution in [0.4, 0.5) is 4.79 Å². The quantitative estimate of drug-likeness (QED) is 0.854. The van der Waals surface area contributed by atoms with E-state index >= 15 is 0 Å². The molecule has 1 aliphatic rings. The number of methoxy groups -OCH3 is 1. The molecule has 104 valence electrons. The van der Waals surface area contributed by atoms with Gasteiger partial charge in [0, 0.05) is 0 Å². The lowest BCUT2D eigenvalue weighted by Gasteiger charge is -2.15. The molecule has 1 unspecified atom stereocenters. The van der Waals surface area contributed by atoms with E-state index in [2.05, 4.69) is 5.32 Å². The van der Waals surface area contributed by atoms with Crippen LogP contribution in [0.2, 0.25) is 5.02 Å². The molecule has 0 radical (unpaired) electrons. The molecule has 0 aliphatic carbocycles. The van der Waals surface area contributed by atoms with Gasteiger partial charge in [-0.05, 0) is 17.7 Å². The number of rotatable bonds is 5. The average molecular weight is 288 g/mol. The first-order valence-electron chi connectivity index (χ1n) is 5.68. The molecule has 0 spiro atoms. The highest BCUT2D eigenvalue weighted by atomic mass is 35.5. The van der Waals surface area contributed by atoms with Gasteiger partial charge < -0.3 is 24.6 Å². The third kappa shape index (κ3) is 3.21. The lowest BCUT2D eigenvalue weighted by Crippen LogP contribution is -2.22. The fourth-order valence-corrected chi connectivity index (χ4v) is 1.99. The fourth-order valence-electron chi connectivity index (χ4n) is 1.71. The molecule has 1 aliphatic heterocycles. The zero-order chi connectivity index (χ0) is 13.8. The molecule has 2 N–H and O–H groups in total. The number of aliphatic hydroxyl groups excluding tert-OH is 1. The number of ether oxygens (including phenoxy) is 3. The minimum atomic E-state index is -0.456. The molecule has 1 atom stereocenters. The van der Waals surface area contributed by atoms with Crippen molar-refractivity contribution >= 4 is 17.7 Å². The lowest BCUT2D eigenvalue weighted by molar-refractivity contribution is 0.103. The van der Waals surface area contributed by atoms with E-state index < -0.39 is 6.09 Å². The highest BCUT2D eigenvalue weighted by Crippen LogP contribution is 2.36. The summed E-state index contributed by atoms with van der Waals surface area (Å²) in [6.07, 6.45) is -0.812. The molecule has 1 aromatic carbocycles. The number of benzene rings is 1. The molecule has 0 saturated carbocycles. The maximum Gasteiger partial charge on any atom is 0.407 e. The molecular weight excluding hydrogens is 274 g/mol. The number of aliphatic hydroxyl groups is 1. The van der Waals surface area contributed by atoms with Crippen molar-refractivity contribution in [1.82, 2.24) is 5.32 Å². The topological polar surface area (TPSA) is 77.0 Å². The molecule has 1 heterocycles. The van der Waals surface area contributed by atoms with E-state index in [1.807, 2.05) is 0 Å². The third-order valence-electron chi connectivity index (χ3n) is 2.63. The Morgan fingerprint density at radius 3 is 2.95 bits per heavy atom. The van der Waals surface area contributed by atoms with Crippen LogP contribution < -0.4 is 14.8 Å². The van der Waals surface area contributed by atoms with Crippen molar-refractivity contribution in [2.24, 2.45) is 0 Å². The van der Waals surface area contributed by atoms with Gasteiger partial charge in [0.05, 0.1) is 25.3 Å². The van der Waals surface area contributed by atoms with Crippen molar-refractivity contribution < 1.29 is 24.1 Å². The third-order valence-corrected chi connectivity index (χ3v) is 2.91. The lowest BCUT2D eigenvalue weighted by atomic mass is 10.2. The molecular formula is C12H14ClNO5. The van der Waals surface area contributed by atoms with Crippen LogP contribution >= 0.6 is 11.6 Å². The number of carbonyl (C=O) groups is 1. The highest BCUT2D eigenvalue weighted by molar-refractivity contribution is 6.32. The summed E-state index contributed by atoms with van der Waals surface area (Å²) >= 11 is 6.07. The van der Waals surface area contributed by atoms with Crippen molar-refractivity contribution in [2.45, 2.75) is 12.7 Å². The van der Waals surface area contributed by atoms with E-state index in [4.69, 9.17) is 30.9 Å². The van der Waals surface area contributed by atoms with Crippen molar-refractivity contribution in [2.75, 3.05) is 20.3 Å². The molecule has 0 bridgehead atoms. The fraction of sp³-hybridized carbons (Fsp3) is 0.417. The molecule has 6 nitrogen and oxygen atoms in total. The number of amides is 1. The van der Waals surface area contributed by atoms with Crippen LogP contribution in [-0.4, -0.2) is 37.6 Å². The number of hydrogen-bond acceptors (Lipinski definition) is 5. The predicted molar refractivity (Wildman–Crippen MR) is 67.7 cm³/mol. The predicted octanol–water partition coefficient (Wildman–Crippen LogP) is 1.33. The minimum Gasteiger partial charge on any atom is -0.493 e. The van der Waals surface area contributed by atoms with E-state index in [1.165, 1.54) is 7.11 Å². The normalized spacial score (nSPS) is 17.8. The standard InChI is InChI=1S/C12H14ClNO5/c1-17-10-3-7(5-15)2-9(13)11(10)18-6-8-4-14-12(16)19-8/h2-3,8,15H,4-6H2,1H3,(H,14,16). The summed E-state index contributed by atoms with van der Waals surface area (Å²) in [5.41, 5.74) is 0.628. The number of hydrogen-bond donors (Lipinski definition) is 2. The zero-order valence-corrected chi connectivity index (χ0v) is 11.1. The van der Waals surface area contributed by atoms with Gasteiger partial charge >= 0.3 is 6.09 Å². The Hall–Kier alpha value is -1.66. The van der Waals surface area contributed by atoms with Gasteiger partial charge in [0.15, 0.2) is 17.6 Å². The van der Waals surface area contributed by atoms with Gasteiger partial charge in [-0.1, -0.05) is 11.6 Å². The highest BCUT2D eigenvalue weighted by Gasteiger charge is 2.24. The van der Waals surface area contributed by atoms with E-state index in [1.54, 1.807) is 12.1 Å².